The van der Waals surface area contributed by atoms with Gasteiger partial charge in [0.25, 0.3) is 0 Å². The minimum atomic E-state index is 0.635. The molecule has 5 nitrogen and oxygen atoms in total. The van der Waals surface area contributed by atoms with E-state index in [1.54, 1.807) is 0 Å². The summed E-state index contributed by atoms with van der Waals surface area (Å²) in [4.78, 5) is 0. The van der Waals surface area contributed by atoms with E-state index in [1.165, 1.54) is 0 Å². The minimum Gasteiger partial charge on any atom is -0.490 e. The Morgan fingerprint density at radius 1 is 0.558 bits per heavy atom. The predicted octanol–water partition coefficient (Wildman–Crippen LogP) is 11.0. The maximum absolute atomic E-state index is 6.28. The summed E-state index contributed by atoms with van der Waals surface area (Å²) in [7, 11) is 0. The van der Waals surface area contributed by atoms with Gasteiger partial charge < -0.3 is 23.7 Å². The highest BCUT2D eigenvalue weighted by atomic mass is 16.5. The molecule has 2 rings (SSSR count). The highest BCUT2D eigenvalue weighted by Crippen LogP contribution is 2.42. The summed E-state index contributed by atoms with van der Waals surface area (Å²) in [6, 6.07) is 8.37. The van der Waals surface area contributed by atoms with Gasteiger partial charge in [-0.25, -0.2) is 0 Å². The molecule has 0 radical (unpaired) electrons. The lowest BCUT2D eigenvalue weighted by atomic mass is 9.98. The molecule has 0 aliphatic carbocycles. The highest BCUT2D eigenvalue weighted by molar-refractivity contribution is 5.84. The zero-order valence-corrected chi connectivity index (χ0v) is 28.2. The van der Waals surface area contributed by atoms with Crippen LogP contribution in [-0.2, 0) is 0 Å². The molecule has 0 bridgehead atoms. The molecule has 0 amide bonds. The zero-order valence-electron chi connectivity index (χ0n) is 28.2. The van der Waals surface area contributed by atoms with Gasteiger partial charge in [-0.2, -0.15) is 0 Å². The van der Waals surface area contributed by atoms with Crippen LogP contribution in [-0.4, -0.2) is 33.0 Å². The van der Waals surface area contributed by atoms with E-state index < -0.39 is 0 Å². The molecule has 43 heavy (non-hydrogen) atoms. The molecule has 0 aliphatic rings. The van der Waals surface area contributed by atoms with E-state index in [2.05, 4.69) is 85.4 Å². The molecular weight excluding hydrogens is 536 g/mol. The van der Waals surface area contributed by atoms with Crippen molar-refractivity contribution < 1.29 is 23.7 Å². The van der Waals surface area contributed by atoms with Gasteiger partial charge in [0.05, 0.1) is 33.0 Å². The lowest BCUT2D eigenvalue weighted by molar-refractivity contribution is 0.237. The molecule has 0 saturated carbocycles. The smallest absolute Gasteiger partial charge is 0.203 e. The number of allylic oxidation sites excluding steroid dienone is 3. The van der Waals surface area contributed by atoms with Gasteiger partial charge in [0, 0.05) is 0 Å². The molecule has 0 spiro atoms. The molecule has 2 aromatic carbocycles. The monoisotopic (exact) mass is 594 g/mol. The van der Waals surface area contributed by atoms with Crippen molar-refractivity contribution in [1.29, 1.82) is 0 Å². The summed E-state index contributed by atoms with van der Waals surface area (Å²) >= 11 is 0. The molecule has 0 unspecified atom stereocenters. The van der Waals surface area contributed by atoms with Gasteiger partial charge in [-0.1, -0.05) is 79.4 Å². The minimum absolute atomic E-state index is 0.635. The molecule has 0 heterocycles. The van der Waals surface area contributed by atoms with Crippen LogP contribution in [0.3, 0.4) is 0 Å². The fourth-order valence-corrected chi connectivity index (χ4v) is 4.42. The Morgan fingerprint density at radius 2 is 0.930 bits per heavy atom. The van der Waals surface area contributed by atoms with Crippen molar-refractivity contribution in [1.82, 2.24) is 0 Å². The number of benzene rings is 2. The van der Waals surface area contributed by atoms with Crippen LogP contribution in [0.2, 0.25) is 0 Å². The molecular formula is C38H58O5. The first kappa shape index (κ1) is 36.1. The summed E-state index contributed by atoms with van der Waals surface area (Å²) in [5, 5.41) is 0. The molecule has 240 valence electrons. The van der Waals surface area contributed by atoms with Crippen molar-refractivity contribution in [2.45, 2.75) is 113 Å². The van der Waals surface area contributed by atoms with Gasteiger partial charge >= 0.3 is 0 Å². The largest absolute Gasteiger partial charge is 0.490 e. The number of hydrogen-bond acceptors (Lipinski definition) is 5. The Hall–Kier alpha value is -3.08. The van der Waals surface area contributed by atoms with Crippen LogP contribution in [0.5, 0.6) is 28.7 Å². The van der Waals surface area contributed by atoms with Gasteiger partial charge in [0.15, 0.2) is 23.0 Å². The van der Waals surface area contributed by atoms with Crippen molar-refractivity contribution in [3.05, 3.63) is 53.6 Å². The highest BCUT2D eigenvalue weighted by Gasteiger charge is 2.18. The second-order valence-corrected chi connectivity index (χ2v) is 11.3. The van der Waals surface area contributed by atoms with Gasteiger partial charge in [-0.3, -0.25) is 0 Å². The van der Waals surface area contributed by atoms with Crippen LogP contribution in [0.1, 0.15) is 122 Å². The van der Waals surface area contributed by atoms with Crippen molar-refractivity contribution in [3.8, 4) is 28.7 Å². The Balaban J connectivity index is 2.47. The van der Waals surface area contributed by atoms with Crippen LogP contribution in [0, 0.1) is 6.92 Å². The van der Waals surface area contributed by atoms with E-state index in [0.29, 0.717) is 38.8 Å². The number of hydrogen-bond donors (Lipinski definition) is 0. The molecule has 5 heteroatoms. The van der Waals surface area contributed by atoms with Crippen LogP contribution < -0.4 is 23.7 Å². The van der Waals surface area contributed by atoms with Gasteiger partial charge in [0.2, 0.25) is 5.75 Å². The summed E-state index contributed by atoms with van der Waals surface area (Å²) in [5.74, 6) is 3.81. The summed E-state index contributed by atoms with van der Waals surface area (Å²) in [5.41, 5.74) is 5.08. The van der Waals surface area contributed by atoms with E-state index in [1.807, 2.05) is 0 Å². The molecule has 0 N–H and O–H groups in total. The van der Waals surface area contributed by atoms with Crippen LogP contribution in [0.15, 0.2) is 36.9 Å². The maximum atomic E-state index is 6.28. The third kappa shape index (κ3) is 12.2. The molecule has 0 aliphatic heterocycles. The molecule has 0 aromatic heterocycles. The Kier molecular flexibility index (Phi) is 17.4. The van der Waals surface area contributed by atoms with Crippen molar-refractivity contribution >= 4 is 11.1 Å². The lowest BCUT2D eigenvalue weighted by Crippen LogP contribution is -2.06. The van der Waals surface area contributed by atoms with Crippen molar-refractivity contribution in [3.63, 3.8) is 0 Å². The SMILES string of the molecule is C=C(/C=C(\C)c1cc(OCCCC)c(OCCCC)c(OCCCC)c1)c1cc(C)c(OCCCC)c(OCCCC)c1. The van der Waals surface area contributed by atoms with E-state index in [4.69, 9.17) is 23.7 Å². The quantitative estimate of drug-likeness (QED) is 0.0946. The van der Waals surface area contributed by atoms with Crippen molar-refractivity contribution in [2.24, 2.45) is 0 Å². The second kappa shape index (κ2) is 20.8. The van der Waals surface area contributed by atoms with Gasteiger partial charge in [-0.15, -0.1) is 0 Å². The van der Waals surface area contributed by atoms with Crippen LogP contribution >= 0.6 is 0 Å². The first-order chi connectivity index (χ1) is 20.9. The average molecular weight is 595 g/mol. The average Bonchev–Trinajstić information content (AvgIpc) is 2.99. The number of ether oxygens (including phenoxy) is 5. The zero-order chi connectivity index (χ0) is 31.5. The van der Waals surface area contributed by atoms with E-state index in [0.717, 1.165) is 115 Å². The third-order valence-electron chi connectivity index (χ3n) is 7.23. The fourth-order valence-electron chi connectivity index (χ4n) is 4.42. The van der Waals surface area contributed by atoms with E-state index in [9.17, 15) is 0 Å². The number of unbranched alkanes of at least 4 members (excludes halogenated alkanes) is 5. The normalized spacial score (nSPS) is 11.4. The van der Waals surface area contributed by atoms with Crippen LogP contribution in [0.4, 0.5) is 0 Å². The topological polar surface area (TPSA) is 46.2 Å². The lowest BCUT2D eigenvalue weighted by Gasteiger charge is -2.19. The van der Waals surface area contributed by atoms with E-state index >= 15 is 0 Å². The molecule has 0 atom stereocenters. The number of aryl methyl sites for hydroxylation is 1. The predicted molar refractivity (Wildman–Crippen MR) is 182 cm³/mol. The molecule has 0 saturated heterocycles. The third-order valence-corrected chi connectivity index (χ3v) is 7.23. The van der Waals surface area contributed by atoms with Gasteiger partial charge in [0.1, 0.15) is 0 Å². The molecule has 0 fully saturated rings. The Morgan fingerprint density at radius 3 is 1.37 bits per heavy atom. The first-order valence-corrected chi connectivity index (χ1v) is 16.7. The second-order valence-electron chi connectivity index (χ2n) is 11.3. The standard InChI is InChI=1S/C38H58O5/c1-9-14-19-39-34-26-32(25-31(8)37(34)42-22-17-12-4)29(6)24-30(7)33-27-35(40-20-15-10-2)38(43-23-18-13-5)36(28-33)41-21-16-11-3/h24-28H,6,9-23H2,1-5,7-8H3/b30-24+. The Bertz CT molecular complexity index is 1100. The first-order valence-electron chi connectivity index (χ1n) is 16.7. The summed E-state index contributed by atoms with van der Waals surface area (Å²) in [6.07, 6.45) is 12.5. The van der Waals surface area contributed by atoms with Gasteiger partial charge in [-0.05, 0) is 98.1 Å². The summed E-state index contributed by atoms with van der Waals surface area (Å²) < 4.78 is 31.2. The Labute approximate surface area is 262 Å². The molecule has 2 aromatic rings. The maximum Gasteiger partial charge on any atom is 0.203 e. The fraction of sp³-hybridized carbons (Fsp3) is 0.579. The van der Waals surface area contributed by atoms with E-state index in [-0.39, 0.29) is 0 Å². The summed E-state index contributed by atoms with van der Waals surface area (Å²) in [6.45, 7) is 22.7. The number of rotatable bonds is 23. The van der Waals surface area contributed by atoms with Crippen molar-refractivity contribution in [2.75, 3.05) is 33.0 Å². The van der Waals surface area contributed by atoms with Crippen LogP contribution in [0.25, 0.3) is 11.1 Å².